The van der Waals surface area contributed by atoms with E-state index in [0.29, 0.717) is 5.69 Å². The van der Waals surface area contributed by atoms with E-state index in [9.17, 15) is 18.4 Å². The molecule has 3 N–H and O–H groups in total. The fraction of sp³-hybridized carbons (Fsp3) is 0. The van der Waals surface area contributed by atoms with Crippen molar-refractivity contribution in [1.29, 1.82) is 0 Å². The summed E-state index contributed by atoms with van der Waals surface area (Å²) in [5.74, 6) is -2.87. The number of carbonyl (C=O) groups is 2. The maximum atomic E-state index is 14.2. The summed E-state index contributed by atoms with van der Waals surface area (Å²) >= 11 is 0. The highest BCUT2D eigenvalue weighted by molar-refractivity contribution is 6.00. The highest BCUT2D eigenvalue weighted by atomic mass is 19.1. The molecular formula is C17H11F2N3O4. The van der Waals surface area contributed by atoms with Gasteiger partial charge in [0.2, 0.25) is 5.76 Å². The molecular weight excluding hydrogens is 348 g/mol. The first kappa shape index (κ1) is 17.1. The van der Waals surface area contributed by atoms with E-state index in [1.807, 2.05) is 0 Å². The van der Waals surface area contributed by atoms with Crippen molar-refractivity contribution >= 4 is 23.4 Å². The van der Waals surface area contributed by atoms with Crippen LogP contribution in [0.1, 0.15) is 10.6 Å². The Morgan fingerprint density at radius 3 is 2.35 bits per heavy atom. The van der Waals surface area contributed by atoms with Crippen molar-refractivity contribution in [3.8, 4) is 11.3 Å². The van der Waals surface area contributed by atoms with E-state index in [-0.39, 0.29) is 22.7 Å². The molecule has 1 aromatic heterocycles. The van der Waals surface area contributed by atoms with Gasteiger partial charge in [0.25, 0.3) is 0 Å². The maximum absolute atomic E-state index is 14.2. The summed E-state index contributed by atoms with van der Waals surface area (Å²) in [6.45, 7) is 0. The normalized spacial score (nSPS) is 10.4. The predicted molar refractivity (Wildman–Crippen MR) is 87.9 cm³/mol. The second-order valence-electron chi connectivity index (χ2n) is 5.16. The van der Waals surface area contributed by atoms with Gasteiger partial charge in [-0.3, -0.25) is 0 Å². The summed E-state index contributed by atoms with van der Waals surface area (Å²) in [6.07, 6.45) is 0. The molecule has 132 valence electrons. The monoisotopic (exact) mass is 359 g/mol. The zero-order valence-corrected chi connectivity index (χ0v) is 13.0. The number of halogens is 2. The quantitative estimate of drug-likeness (QED) is 0.654. The van der Waals surface area contributed by atoms with E-state index in [1.54, 1.807) is 0 Å². The number of nitrogens with zero attached hydrogens (tertiary/aromatic N) is 1. The molecule has 3 rings (SSSR count). The third-order valence-electron chi connectivity index (χ3n) is 3.34. The lowest BCUT2D eigenvalue weighted by Gasteiger charge is -2.09. The highest BCUT2D eigenvalue weighted by Gasteiger charge is 2.14. The van der Waals surface area contributed by atoms with E-state index in [4.69, 9.17) is 5.11 Å². The van der Waals surface area contributed by atoms with Crippen LogP contribution in [-0.2, 0) is 0 Å². The van der Waals surface area contributed by atoms with Gasteiger partial charge in [-0.05, 0) is 36.4 Å². The molecule has 2 amide bonds. The molecule has 1 heterocycles. The van der Waals surface area contributed by atoms with E-state index in [1.165, 1.54) is 36.4 Å². The van der Waals surface area contributed by atoms with Gasteiger partial charge in [0.05, 0.1) is 5.69 Å². The summed E-state index contributed by atoms with van der Waals surface area (Å²) < 4.78 is 31.6. The number of urea groups is 1. The van der Waals surface area contributed by atoms with E-state index >= 15 is 0 Å². The van der Waals surface area contributed by atoms with Crippen LogP contribution in [0.2, 0.25) is 0 Å². The minimum absolute atomic E-state index is 0.102. The SMILES string of the molecule is O=C(Nc1ccc(F)cc1)Nc1ccc(-c2cc(C(=O)O)on2)cc1F. The van der Waals surface area contributed by atoms with Crippen LogP contribution in [0, 0.1) is 11.6 Å². The molecule has 0 radical (unpaired) electrons. The second-order valence-corrected chi connectivity index (χ2v) is 5.16. The van der Waals surface area contributed by atoms with Gasteiger partial charge in [-0.2, -0.15) is 0 Å². The van der Waals surface area contributed by atoms with Gasteiger partial charge < -0.3 is 20.3 Å². The summed E-state index contributed by atoms with van der Waals surface area (Å²) in [7, 11) is 0. The molecule has 26 heavy (non-hydrogen) atoms. The number of aromatic carboxylic acids is 1. The zero-order chi connectivity index (χ0) is 18.7. The number of anilines is 2. The van der Waals surface area contributed by atoms with E-state index in [2.05, 4.69) is 20.3 Å². The van der Waals surface area contributed by atoms with Crippen LogP contribution in [0.25, 0.3) is 11.3 Å². The fourth-order valence-electron chi connectivity index (χ4n) is 2.11. The summed E-state index contributed by atoms with van der Waals surface area (Å²) in [5.41, 5.74) is 0.659. The molecule has 0 aliphatic heterocycles. The molecule has 9 heteroatoms. The predicted octanol–water partition coefficient (Wildman–Crippen LogP) is 3.96. The molecule has 0 spiro atoms. The Morgan fingerprint density at radius 1 is 1.00 bits per heavy atom. The van der Waals surface area contributed by atoms with Gasteiger partial charge in [0.15, 0.2) is 0 Å². The van der Waals surface area contributed by atoms with Gasteiger partial charge in [-0.15, -0.1) is 0 Å². The first-order chi connectivity index (χ1) is 12.4. The minimum atomic E-state index is -1.29. The average Bonchev–Trinajstić information content (AvgIpc) is 3.09. The lowest BCUT2D eigenvalue weighted by molar-refractivity contribution is 0.0652. The second kappa shape index (κ2) is 7.01. The molecule has 3 aromatic rings. The number of aromatic nitrogens is 1. The Hall–Kier alpha value is -3.75. The number of nitrogens with one attached hydrogen (secondary N) is 2. The number of carboxylic acid groups (broad SMARTS) is 1. The molecule has 0 aliphatic carbocycles. The van der Waals surface area contributed by atoms with Crippen LogP contribution >= 0.6 is 0 Å². The maximum Gasteiger partial charge on any atom is 0.374 e. The largest absolute Gasteiger partial charge is 0.475 e. The van der Waals surface area contributed by atoms with Crippen molar-refractivity contribution in [2.24, 2.45) is 0 Å². The van der Waals surface area contributed by atoms with Gasteiger partial charge in [0, 0.05) is 17.3 Å². The average molecular weight is 359 g/mol. The Kier molecular flexibility index (Phi) is 4.61. The van der Waals surface area contributed by atoms with Crippen LogP contribution in [0.15, 0.2) is 53.1 Å². The Morgan fingerprint density at radius 2 is 1.73 bits per heavy atom. The Balaban J connectivity index is 1.71. The van der Waals surface area contributed by atoms with Crippen LogP contribution in [0.4, 0.5) is 25.0 Å². The molecule has 0 saturated carbocycles. The number of benzene rings is 2. The van der Waals surface area contributed by atoms with E-state index in [0.717, 1.165) is 12.1 Å². The third kappa shape index (κ3) is 3.83. The Labute approximate surface area is 145 Å². The molecule has 0 bridgehead atoms. The molecule has 0 aliphatic rings. The number of hydrogen-bond acceptors (Lipinski definition) is 4. The van der Waals surface area contributed by atoms with Crippen molar-refractivity contribution < 1.29 is 28.0 Å². The van der Waals surface area contributed by atoms with Crippen LogP contribution in [0.3, 0.4) is 0 Å². The molecule has 0 saturated heterocycles. The smallest absolute Gasteiger partial charge is 0.374 e. The molecule has 7 nitrogen and oxygen atoms in total. The van der Waals surface area contributed by atoms with Crippen molar-refractivity contribution in [1.82, 2.24) is 5.16 Å². The summed E-state index contributed by atoms with van der Waals surface area (Å²) in [4.78, 5) is 22.7. The van der Waals surface area contributed by atoms with Gasteiger partial charge in [-0.1, -0.05) is 11.2 Å². The lowest BCUT2D eigenvalue weighted by Crippen LogP contribution is -2.20. The van der Waals surface area contributed by atoms with Crippen molar-refractivity contribution in [2.45, 2.75) is 0 Å². The van der Waals surface area contributed by atoms with Crippen molar-refractivity contribution in [3.63, 3.8) is 0 Å². The van der Waals surface area contributed by atoms with Gasteiger partial charge >= 0.3 is 12.0 Å². The molecule has 0 unspecified atom stereocenters. The van der Waals surface area contributed by atoms with Crippen molar-refractivity contribution in [3.05, 3.63) is 65.9 Å². The highest BCUT2D eigenvalue weighted by Crippen LogP contribution is 2.24. The summed E-state index contributed by atoms with van der Waals surface area (Å²) in [6, 6.07) is 9.34. The first-order valence-electron chi connectivity index (χ1n) is 7.26. The zero-order valence-electron chi connectivity index (χ0n) is 13.0. The molecule has 0 atom stereocenters. The van der Waals surface area contributed by atoms with Crippen LogP contribution in [0.5, 0.6) is 0 Å². The number of amides is 2. The lowest BCUT2D eigenvalue weighted by atomic mass is 10.1. The minimum Gasteiger partial charge on any atom is -0.475 e. The van der Waals surface area contributed by atoms with Crippen LogP contribution in [-0.4, -0.2) is 22.3 Å². The van der Waals surface area contributed by atoms with Crippen LogP contribution < -0.4 is 10.6 Å². The topological polar surface area (TPSA) is 104 Å². The fourth-order valence-corrected chi connectivity index (χ4v) is 2.11. The van der Waals surface area contributed by atoms with Gasteiger partial charge in [0.1, 0.15) is 17.3 Å². The standard InChI is InChI=1S/C17H11F2N3O4/c18-10-2-4-11(5-3-10)20-17(25)21-13-6-1-9(7-12(13)19)14-8-15(16(23)24)26-22-14/h1-8H,(H,23,24)(H2,20,21,25). The first-order valence-corrected chi connectivity index (χ1v) is 7.26. The molecule has 0 fully saturated rings. The van der Waals surface area contributed by atoms with E-state index < -0.39 is 23.6 Å². The number of rotatable bonds is 4. The summed E-state index contributed by atoms with van der Waals surface area (Å²) in [5, 5.41) is 17.1. The molecule has 2 aromatic carbocycles. The van der Waals surface area contributed by atoms with Gasteiger partial charge in [-0.25, -0.2) is 18.4 Å². The third-order valence-corrected chi connectivity index (χ3v) is 3.34. The number of hydrogen-bond donors (Lipinski definition) is 3. The number of carboxylic acids is 1. The Bertz CT molecular complexity index is 970. The van der Waals surface area contributed by atoms with Crippen molar-refractivity contribution in [2.75, 3.05) is 10.6 Å². The number of carbonyl (C=O) groups excluding carboxylic acids is 1.